The van der Waals surface area contributed by atoms with E-state index in [0.29, 0.717) is 6.61 Å². The molecule has 0 aliphatic carbocycles. The number of nitrogens with one attached hydrogen (secondary N) is 1. The second-order valence-electron chi connectivity index (χ2n) is 7.55. The fraction of sp³-hybridized carbons (Fsp3) is 0.650. The van der Waals surface area contributed by atoms with Crippen LogP contribution in [0.2, 0.25) is 0 Å². The van der Waals surface area contributed by atoms with Gasteiger partial charge in [0.25, 0.3) is 0 Å². The molecule has 2 aromatic rings. The fourth-order valence-electron chi connectivity index (χ4n) is 3.82. The number of ether oxygens (including phenoxy) is 1. The summed E-state index contributed by atoms with van der Waals surface area (Å²) in [5.41, 5.74) is 2.26. The number of nitrogens with zero attached hydrogens (tertiary/aromatic N) is 6. The Morgan fingerprint density at radius 2 is 2.17 bits per heavy atom. The maximum atomic E-state index is 5.97. The van der Waals surface area contributed by atoms with Crippen molar-refractivity contribution in [3.05, 3.63) is 29.0 Å². The second-order valence-corrected chi connectivity index (χ2v) is 8.39. The molecule has 0 spiro atoms. The Morgan fingerprint density at radius 1 is 1.33 bits per heavy atom. The van der Waals surface area contributed by atoms with Crippen LogP contribution in [0.1, 0.15) is 37.1 Å². The molecule has 0 amide bonds. The van der Waals surface area contributed by atoms with Crippen molar-refractivity contribution in [1.82, 2.24) is 25.0 Å². The lowest BCUT2D eigenvalue weighted by Crippen LogP contribution is -2.48. The summed E-state index contributed by atoms with van der Waals surface area (Å²) in [7, 11) is 1.93. The molecule has 2 aliphatic rings. The number of aryl methyl sites for hydroxylation is 1. The van der Waals surface area contributed by atoms with Gasteiger partial charge in [-0.05, 0) is 19.8 Å². The van der Waals surface area contributed by atoms with E-state index in [0.717, 1.165) is 62.9 Å². The summed E-state index contributed by atoms with van der Waals surface area (Å²) >= 11 is 1.76. The van der Waals surface area contributed by atoms with Crippen molar-refractivity contribution in [2.75, 3.05) is 50.8 Å². The van der Waals surface area contributed by atoms with E-state index >= 15 is 0 Å². The monoisotopic (exact) mass is 545 g/mol. The van der Waals surface area contributed by atoms with Crippen LogP contribution in [0.3, 0.4) is 0 Å². The van der Waals surface area contributed by atoms with Crippen molar-refractivity contribution in [1.29, 1.82) is 0 Å². The minimum atomic E-state index is 0. The summed E-state index contributed by atoms with van der Waals surface area (Å²) in [5.74, 6) is 0.958. The zero-order valence-electron chi connectivity index (χ0n) is 17.8. The number of hydrogen-bond donors (Lipinski definition) is 1. The summed E-state index contributed by atoms with van der Waals surface area (Å²) < 4.78 is 7.79. The third-order valence-electron chi connectivity index (χ3n) is 5.34. The molecule has 30 heavy (non-hydrogen) atoms. The molecule has 1 atom stereocenters. The highest BCUT2D eigenvalue weighted by Gasteiger charge is 2.25. The highest BCUT2D eigenvalue weighted by molar-refractivity contribution is 14.0. The molecular weight excluding hydrogens is 513 g/mol. The highest BCUT2D eigenvalue weighted by atomic mass is 127. The molecule has 1 unspecified atom stereocenters. The first-order valence-electron chi connectivity index (χ1n) is 10.6. The van der Waals surface area contributed by atoms with Crippen molar-refractivity contribution < 1.29 is 4.74 Å². The van der Waals surface area contributed by atoms with Crippen LogP contribution in [0.25, 0.3) is 0 Å². The SMILES string of the molecule is CCNC(=NCCc1csc(N2CCCC2)n1)N1CCOC(c2cnn(C)c2)C1.I. The van der Waals surface area contributed by atoms with E-state index in [1.807, 2.05) is 24.1 Å². The topological polar surface area (TPSA) is 70.8 Å². The third kappa shape index (κ3) is 5.85. The molecule has 0 radical (unpaired) electrons. The molecule has 4 heterocycles. The minimum absolute atomic E-state index is 0. The number of morpholine rings is 1. The van der Waals surface area contributed by atoms with Crippen LogP contribution < -0.4 is 10.2 Å². The number of halogens is 1. The van der Waals surface area contributed by atoms with Gasteiger partial charge in [0.2, 0.25) is 0 Å². The van der Waals surface area contributed by atoms with Gasteiger partial charge in [0, 0.05) is 63.3 Å². The third-order valence-corrected chi connectivity index (χ3v) is 6.29. The van der Waals surface area contributed by atoms with Gasteiger partial charge in [-0.1, -0.05) is 0 Å². The summed E-state index contributed by atoms with van der Waals surface area (Å²) in [4.78, 5) is 14.4. The number of aromatic nitrogens is 3. The minimum Gasteiger partial charge on any atom is -0.370 e. The summed E-state index contributed by atoms with van der Waals surface area (Å²) in [6.07, 6.45) is 7.38. The second kappa shape index (κ2) is 11.3. The first kappa shape index (κ1) is 23.3. The van der Waals surface area contributed by atoms with Gasteiger partial charge in [-0.25, -0.2) is 4.98 Å². The van der Waals surface area contributed by atoms with Crippen molar-refractivity contribution in [3.8, 4) is 0 Å². The van der Waals surface area contributed by atoms with Gasteiger partial charge in [0.05, 0.1) is 25.0 Å². The standard InChI is InChI=1S/C20H31N7OS.HI/c1-3-21-19(27-10-11-28-18(14-27)16-12-23-25(2)13-16)22-7-6-17-15-29-20(24-17)26-8-4-5-9-26;/h12-13,15,18H,3-11,14H2,1-2H3,(H,21,22);1H. The molecule has 10 heteroatoms. The average Bonchev–Trinajstić information content (AvgIpc) is 3.49. The highest BCUT2D eigenvalue weighted by Crippen LogP contribution is 2.25. The molecule has 2 saturated heterocycles. The molecule has 0 aromatic carbocycles. The fourth-order valence-corrected chi connectivity index (χ4v) is 4.73. The number of thiazole rings is 1. The van der Waals surface area contributed by atoms with Crippen LogP contribution in [-0.4, -0.2) is 71.5 Å². The van der Waals surface area contributed by atoms with Gasteiger partial charge in [-0.2, -0.15) is 5.10 Å². The summed E-state index contributed by atoms with van der Waals surface area (Å²) in [6, 6.07) is 0. The predicted octanol–water partition coefficient (Wildman–Crippen LogP) is 2.68. The molecule has 4 rings (SSSR count). The van der Waals surface area contributed by atoms with E-state index in [4.69, 9.17) is 14.7 Å². The first-order valence-corrected chi connectivity index (χ1v) is 11.4. The van der Waals surface area contributed by atoms with Crippen LogP contribution in [0, 0.1) is 0 Å². The largest absolute Gasteiger partial charge is 0.370 e. The molecule has 2 fully saturated rings. The van der Waals surface area contributed by atoms with Crippen LogP contribution >= 0.6 is 35.3 Å². The van der Waals surface area contributed by atoms with Crippen molar-refractivity contribution in [3.63, 3.8) is 0 Å². The lowest BCUT2D eigenvalue weighted by Gasteiger charge is -2.34. The molecule has 166 valence electrons. The Labute approximate surface area is 199 Å². The summed E-state index contributed by atoms with van der Waals surface area (Å²) in [5, 5.41) is 11.1. The zero-order valence-corrected chi connectivity index (χ0v) is 20.9. The Morgan fingerprint density at radius 3 is 2.90 bits per heavy atom. The number of hydrogen-bond acceptors (Lipinski definition) is 6. The van der Waals surface area contributed by atoms with Crippen molar-refractivity contribution >= 4 is 46.4 Å². The van der Waals surface area contributed by atoms with Gasteiger partial charge < -0.3 is 19.9 Å². The Hall–Kier alpha value is -1.40. The predicted molar refractivity (Wildman–Crippen MR) is 132 cm³/mol. The lowest BCUT2D eigenvalue weighted by atomic mass is 10.1. The molecule has 2 aliphatic heterocycles. The average molecular weight is 545 g/mol. The molecular formula is C20H32IN7OS. The number of guanidine groups is 1. The van der Waals surface area contributed by atoms with Crippen LogP contribution in [0.4, 0.5) is 5.13 Å². The van der Waals surface area contributed by atoms with Crippen molar-refractivity contribution in [2.45, 2.75) is 32.3 Å². The van der Waals surface area contributed by atoms with E-state index in [1.54, 1.807) is 11.3 Å². The molecule has 2 aromatic heterocycles. The van der Waals surface area contributed by atoms with Gasteiger partial charge in [0.1, 0.15) is 6.10 Å². The van der Waals surface area contributed by atoms with E-state index in [9.17, 15) is 0 Å². The first-order chi connectivity index (χ1) is 14.2. The van der Waals surface area contributed by atoms with Gasteiger partial charge in [0.15, 0.2) is 11.1 Å². The zero-order chi connectivity index (χ0) is 20.1. The quantitative estimate of drug-likeness (QED) is 0.342. The summed E-state index contributed by atoms with van der Waals surface area (Å²) in [6.45, 7) is 8.30. The normalized spacial score (nSPS) is 19.8. The Balaban J connectivity index is 0.00000256. The number of anilines is 1. The Kier molecular flexibility index (Phi) is 8.75. The van der Waals surface area contributed by atoms with E-state index in [-0.39, 0.29) is 30.1 Å². The van der Waals surface area contributed by atoms with Gasteiger partial charge in [-0.3, -0.25) is 9.67 Å². The van der Waals surface area contributed by atoms with Crippen LogP contribution in [-0.2, 0) is 18.2 Å². The smallest absolute Gasteiger partial charge is 0.194 e. The lowest BCUT2D eigenvalue weighted by molar-refractivity contribution is -0.00803. The van der Waals surface area contributed by atoms with Crippen molar-refractivity contribution in [2.24, 2.45) is 12.0 Å². The maximum Gasteiger partial charge on any atom is 0.194 e. The van der Waals surface area contributed by atoms with E-state index in [1.165, 1.54) is 18.0 Å². The maximum absolute atomic E-state index is 5.97. The van der Waals surface area contributed by atoms with Crippen LogP contribution in [0.15, 0.2) is 22.8 Å². The number of rotatable bonds is 6. The Bertz CT molecular complexity index is 818. The van der Waals surface area contributed by atoms with E-state index in [2.05, 4.69) is 32.5 Å². The van der Waals surface area contributed by atoms with Crippen LogP contribution in [0.5, 0.6) is 0 Å². The van der Waals surface area contributed by atoms with E-state index < -0.39 is 0 Å². The van der Waals surface area contributed by atoms with Gasteiger partial charge in [-0.15, -0.1) is 35.3 Å². The molecule has 0 bridgehead atoms. The molecule has 8 nitrogen and oxygen atoms in total. The van der Waals surface area contributed by atoms with Gasteiger partial charge >= 0.3 is 0 Å². The number of aliphatic imine (C=N–C) groups is 1. The molecule has 1 N–H and O–H groups in total. The molecule has 0 saturated carbocycles.